The van der Waals surface area contributed by atoms with E-state index < -0.39 is 10.0 Å². The summed E-state index contributed by atoms with van der Waals surface area (Å²) in [6, 6.07) is 12.8. The molecule has 1 aliphatic heterocycles. The van der Waals surface area contributed by atoms with Gasteiger partial charge in [0.05, 0.1) is 17.7 Å². The SMILES string of the molecule is COc1cc([C@@]23CNC[C@@H]2C3)ccc1NS(=O)(=O)c1ccc(C(C)C)cc1. The number of ether oxygens (including phenoxy) is 1. The van der Waals surface area contributed by atoms with Crippen LogP contribution in [-0.2, 0) is 15.4 Å². The van der Waals surface area contributed by atoms with Crippen molar-refractivity contribution in [3.05, 3.63) is 53.6 Å². The first kappa shape index (κ1) is 18.3. The van der Waals surface area contributed by atoms with Crippen molar-refractivity contribution in [2.24, 2.45) is 5.92 Å². The summed E-state index contributed by atoms with van der Waals surface area (Å²) in [5, 5.41) is 3.43. The average Bonchev–Trinajstić information content (AvgIpc) is 3.22. The maximum Gasteiger partial charge on any atom is 0.262 e. The van der Waals surface area contributed by atoms with E-state index in [4.69, 9.17) is 4.74 Å². The van der Waals surface area contributed by atoms with Crippen LogP contribution < -0.4 is 14.8 Å². The molecule has 5 nitrogen and oxygen atoms in total. The highest BCUT2D eigenvalue weighted by Gasteiger charge is 2.58. The number of fused-ring (bicyclic) bond motifs is 1. The van der Waals surface area contributed by atoms with Crippen molar-refractivity contribution in [3.8, 4) is 5.75 Å². The molecule has 6 heteroatoms. The summed E-state index contributed by atoms with van der Waals surface area (Å²) in [7, 11) is -2.09. The summed E-state index contributed by atoms with van der Waals surface area (Å²) in [6.45, 7) is 6.20. The fourth-order valence-corrected chi connectivity index (χ4v) is 5.18. The molecule has 2 fully saturated rings. The topological polar surface area (TPSA) is 67.4 Å². The van der Waals surface area contributed by atoms with E-state index >= 15 is 0 Å². The van der Waals surface area contributed by atoms with E-state index in [9.17, 15) is 8.42 Å². The monoisotopic (exact) mass is 386 g/mol. The first-order valence-corrected chi connectivity index (χ1v) is 10.9. The summed E-state index contributed by atoms with van der Waals surface area (Å²) >= 11 is 0. The number of benzene rings is 2. The van der Waals surface area contributed by atoms with E-state index in [0.29, 0.717) is 23.3 Å². The van der Waals surface area contributed by atoms with Gasteiger partial charge in [-0.3, -0.25) is 4.72 Å². The molecule has 1 saturated heterocycles. The minimum atomic E-state index is -3.67. The van der Waals surface area contributed by atoms with Crippen molar-refractivity contribution in [3.63, 3.8) is 0 Å². The molecule has 0 radical (unpaired) electrons. The number of hydrogen-bond acceptors (Lipinski definition) is 4. The molecule has 2 aromatic carbocycles. The van der Waals surface area contributed by atoms with E-state index in [1.165, 1.54) is 12.0 Å². The van der Waals surface area contributed by atoms with E-state index in [1.54, 1.807) is 19.2 Å². The molecular weight excluding hydrogens is 360 g/mol. The quantitative estimate of drug-likeness (QED) is 0.798. The molecule has 0 bridgehead atoms. The Morgan fingerprint density at radius 3 is 2.48 bits per heavy atom. The van der Waals surface area contributed by atoms with Crippen molar-refractivity contribution in [2.75, 3.05) is 24.9 Å². The fourth-order valence-electron chi connectivity index (χ4n) is 4.11. The molecular formula is C21H26N2O3S. The number of anilines is 1. The zero-order chi connectivity index (χ0) is 19.2. The van der Waals surface area contributed by atoms with Crippen molar-refractivity contribution in [2.45, 2.75) is 36.5 Å². The number of rotatable bonds is 6. The maximum atomic E-state index is 12.8. The van der Waals surface area contributed by atoms with Crippen LogP contribution in [0, 0.1) is 5.92 Å². The predicted octanol–water partition coefficient (Wildman–Crippen LogP) is 3.48. The summed E-state index contributed by atoms with van der Waals surface area (Å²) in [4.78, 5) is 0.249. The fraction of sp³-hybridized carbons (Fsp3) is 0.429. The van der Waals surface area contributed by atoms with Crippen molar-refractivity contribution >= 4 is 15.7 Å². The molecule has 0 aromatic heterocycles. The van der Waals surface area contributed by atoms with Gasteiger partial charge in [0.25, 0.3) is 10.0 Å². The van der Waals surface area contributed by atoms with Crippen molar-refractivity contribution in [1.82, 2.24) is 5.32 Å². The number of methoxy groups -OCH3 is 1. The van der Waals surface area contributed by atoms with Gasteiger partial charge in [0.1, 0.15) is 5.75 Å². The molecule has 2 N–H and O–H groups in total. The van der Waals surface area contributed by atoms with Gasteiger partial charge in [-0.2, -0.15) is 0 Å². The molecule has 2 aliphatic rings. The highest BCUT2D eigenvalue weighted by Crippen LogP contribution is 2.57. The second-order valence-electron chi connectivity index (χ2n) is 7.93. The lowest BCUT2D eigenvalue weighted by Crippen LogP contribution is -2.19. The van der Waals surface area contributed by atoms with E-state index in [2.05, 4.69) is 23.9 Å². The zero-order valence-corrected chi connectivity index (χ0v) is 16.8. The van der Waals surface area contributed by atoms with Crippen LogP contribution in [0.25, 0.3) is 0 Å². The molecule has 144 valence electrons. The Morgan fingerprint density at radius 2 is 1.93 bits per heavy atom. The van der Waals surface area contributed by atoms with Crippen LogP contribution in [0.2, 0.25) is 0 Å². The van der Waals surface area contributed by atoms with E-state index in [1.807, 2.05) is 30.3 Å². The smallest absolute Gasteiger partial charge is 0.262 e. The van der Waals surface area contributed by atoms with Gasteiger partial charge in [-0.05, 0) is 60.2 Å². The Labute approximate surface area is 161 Å². The predicted molar refractivity (Wildman–Crippen MR) is 107 cm³/mol. The van der Waals surface area contributed by atoms with Gasteiger partial charge in [0.15, 0.2) is 0 Å². The van der Waals surface area contributed by atoms with Crippen LogP contribution in [0.5, 0.6) is 5.75 Å². The molecule has 2 aromatic rings. The first-order valence-electron chi connectivity index (χ1n) is 9.38. The number of sulfonamides is 1. The molecule has 27 heavy (non-hydrogen) atoms. The third kappa shape index (κ3) is 3.21. The van der Waals surface area contributed by atoms with Gasteiger partial charge in [-0.1, -0.05) is 32.0 Å². The molecule has 0 spiro atoms. The Bertz CT molecular complexity index is 954. The minimum Gasteiger partial charge on any atom is -0.495 e. The van der Waals surface area contributed by atoms with Crippen LogP contribution in [0.15, 0.2) is 47.4 Å². The van der Waals surface area contributed by atoms with Gasteiger partial charge in [-0.25, -0.2) is 8.42 Å². The molecule has 4 rings (SSSR count). The zero-order valence-electron chi connectivity index (χ0n) is 16.0. The highest BCUT2D eigenvalue weighted by molar-refractivity contribution is 7.92. The normalized spacial score (nSPS) is 23.9. The number of nitrogens with one attached hydrogen (secondary N) is 2. The summed E-state index contributed by atoms with van der Waals surface area (Å²) in [5.41, 5.74) is 3.00. The lowest BCUT2D eigenvalue weighted by atomic mass is 9.94. The van der Waals surface area contributed by atoms with Crippen LogP contribution >= 0.6 is 0 Å². The van der Waals surface area contributed by atoms with E-state index in [0.717, 1.165) is 18.7 Å². The van der Waals surface area contributed by atoms with Crippen LogP contribution in [0.1, 0.15) is 37.3 Å². The van der Waals surface area contributed by atoms with Gasteiger partial charge in [0, 0.05) is 12.0 Å². The van der Waals surface area contributed by atoms with Gasteiger partial charge in [0.2, 0.25) is 0 Å². The Morgan fingerprint density at radius 1 is 1.19 bits per heavy atom. The summed E-state index contributed by atoms with van der Waals surface area (Å²) in [5.74, 6) is 1.60. The average molecular weight is 387 g/mol. The van der Waals surface area contributed by atoms with Crippen molar-refractivity contribution in [1.29, 1.82) is 0 Å². The first-order chi connectivity index (χ1) is 12.9. The molecule has 2 atom stereocenters. The van der Waals surface area contributed by atoms with Gasteiger partial charge >= 0.3 is 0 Å². The van der Waals surface area contributed by atoms with Gasteiger partial charge in [-0.15, -0.1) is 0 Å². The summed E-state index contributed by atoms with van der Waals surface area (Å²) in [6.07, 6.45) is 1.19. The molecule has 1 heterocycles. The van der Waals surface area contributed by atoms with Gasteiger partial charge < -0.3 is 10.1 Å². The lowest BCUT2D eigenvalue weighted by molar-refractivity contribution is 0.415. The summed E-state index contributed by atoms with van der Waals surface area (Å²) < 4.78 is 33.7. The third-order valence-electron chi connectivity index (χ3n) is 5.94. The molecule has 1 saturated carbocycles. The Hall–Kier alpha value is -2.05. The van der Waals surface area contributed by atoms with Crippen molar-refractivity contribution < 1.29 is 13.2 Å². The van der Waals surface area contributed by atoms with Crippen LogP contribution in [-0.4, -0.2) is 28.6 Å². The Balaban J connectivity index is 1.59. The molecule has 0 unspecified atom stereocenters. The van der Waals surface area contributed by atoms with Crippen LogP contribution in [0.3, 0.4) is 0 Å². The lowest BCUT2D eigenvalue weighted by Gasteiger charge is -2.17. The minimum absolute atomic E-state index is 0.206. The molecule has 0 amide bonds. The molecule has 1 aliphatic carbocycles. The standard InChI is InChI=1S/C21H26N2O3S/c1-14(2)15-4-7-18(8-5-15)27(24,25)23-19-9-6-16(10-20(19)26-3)21-11-17(21)12-22-13-21/h4-10,14,17,22-23H,11-13H2,1-3H3/t17-,21+/m0/s1. The third-order valence-corrected chi connectivity index (χ3v) is 7.32. The largest absolute Gasteiger partial charge is 0.495 e. The number of piperidine rings is 1. The van der Waals surface area contributed by atoms with Crippen LogP contribution in [0.4, 0.5) is 5.69 Å². The Kier molecular flexibility index (Phi) is 4.43. The second kappa shape index (κ2) is 6.53. The second-order valence-corrected chi connectivity index (χ2v) is 9.61. The van der Waals surface area contributed by atoms with E-state index in [-0.39, 0.29) is 10.3 Å². The maximum absolute atomic E-state index is 12.8. The highest BCUT2D eigenvalue weighted by atomic mass is 32.2. The number of hydrogen-bond donors (Lipinski definition) is 2.